The highest BCUT2D eigenvalue weighted by Crippen LogP contribution is 2.36. The number of nitrogens with one attached hydrogen (secondary N) is 1. The minimum atomic E-state index is 0.501. The van der Waals surface area contributed by atoms with Crippen LogP contribution in [-0.4, -0.2) is 21.5 Å². The Hall–Kier alpha value is -3.93. The van der Waals surface area contributed by atoms with Gasteiger partial charge in [-0.3, -0.25) is 0 Å². The van der Waals surface area contributed by atoms with E-state index in [0.717, 1.165) is 30.2 Å². The van der Waals surface area contributed by atoms with Crippen molar-refractivity contribution in [3.8, 4) is 11.6 Å². The number of benzene rings is 2. The van der Waals surface area contributed by atoms with Crippen LogP contribution in [0.1, 0.15) is 16.7 Å². The van der Waals surface area contributed by atoms with E-state index < -0.39 is 0 Å². The van der Waals surface area contributed by atoms with Crippen LogP contribution in [0.3, 0.4) is 0 Å². The summed E-state index contributed by atoms with van der Waals surface area (Å²) < 4.78 is 6.04. The lowest BCUT2D eigenvalue weighted by Gasteiger charge is -2.18. The molecule has 1 aliphatic rings. The maximum absolute atomic E-state index is 6.04. The molecule has 0 bridgehead atoms. The first-order valence-corrected chi connectivity index (χ1v) is 10.3. The number of fused-ring (bicyclic) bond motifs is 1. The monoisotopic (exact) mass is 409 g/mol. The zero-order chi connectivity index (χ0) is 21.2. The topological polar surface area (TPSA) is 63.2 Å². The molecule has 0 spiro atoms. The Morgan fingerprint density at radius 1 is 0.903 bits per heavy atom. The first-order valence-electron chi connectivity index (χ1n) is 10.3. The number of ether oxygens (including phenoxy) is 1. The zero-order valence-corrected chi connectivity index (χ0v) is 17.5. The van der Waals surface area contributed by atoms with Crippen molar-refractivity contribution in [3.05, 3.63) is 89.7 Å². The summed E-state index contributed by atoms with van der Waals surface area (Å²) in [5, 5.41) is 3.25. The van der Waals surface area contributed by atoms with Gasteiger partial charge in [0.2, 0.25) is 11.8 Å². The van der Waals surface area contributed by atoms with E-state index in [0.29, 0.717) is 11.8 Å². The second-order valence-electron chi connectivity index (χ2n) is 7.62. The van der Waals surface area contributed by atoms with Gasteiger partial charge in [0.05, 0.1) is 0 Å². The minimum absolute atomic E-state index is 0.501. The smallest absolute Gasteiger partial charge is 0.230 e. The Kier molecular flexibility index (Phi) is 4.96. The molecule has 0 amide bonds. The third-order valence-corrected chi connectivity index (χ3v) is 5.49. The Labute approximate surface area is 181 Å². The Morgan fingerprint density at radius 2 is 1.84 bits per heavy atom. The van der Waals surface area contributed by atoms with Crippen LogP contribution >= 0.6 is 0 Å². The van der Waals surface area contributed by atoms with Crippen LogP contribution in [-0.2, 0) is 6.42 Å². The fraction of sp³-hybridized carbons (Fsp3) is 0.160. The third kappa shape index (κ3) is 4.05. The second-order valence-corrected chi connectivity index (χ2v) is 7.62. The Balaban J connectivity index is 1.33. The molecule has 154 valence electrons. The van der Waals surface area contributed by atoms with Crippen molar-refractivity contribution < 1.29 is 4.74 Å². The first kappa shape index (κ1) is 19.1. The fourth-order valence-electron chi connectivity index (χ4n) is 3.72. The molecule has 0 saturated carbocycles. The van der Waals surface area contributed by atoms with Gasteiger partial charge in [-0.25, -0.2) is 9.97 Å². The van der Waals surface area contributed by atoms with Crippen molar-refractivity contribution in [2.45, 2.75) is 20.3 Å². The number of anilines is 4. The van der Waals surface area contributed by atoms with E-state index in [1.165, 1.54) is 22.4 Å². The molecule has 5 rings (SSSR count). The molecule has 0 fully saturated rings. The highest BCUT2D eigenvalue weighted by atomic mass is 16.5. The number of aryl methyl sites for hydroxylation is 2. The summed E-state index contributed by atoms with van der Waals surface area (Å²) in [4.78, 5) is 15.5. The van der Waals surface area contributed by atoms with E-state index in [-0.39, 0.29) is 0 Å². The normalized spacial score (nSPS) is 12.5. The van der Waals surface area contributed by atoms with Gasteiger partial charge in [0.25, 0.3) is 0 Å². The van der Waals surface area contributed by atoms with Crippen LogP contribution in [0.15, 0.2) is 73.1 Å². The molecule has 6 heteroatoms. The fourth-order valence-corrected chi connectivity index (χ4v) is 3.72. The lowest BCUT2D eigenvalue weighted by atomic mass is 10.1. The van der Waals surface area contributed by atoms with Gasteiger partial charge in [-0.05, 0) is 79.4 Å². The molecule has 2 aromatic carbocycles. The van der Waals surface area contributed by atoms with E-state index in [4.69, 9.17) is 4.74 Å². The van der Waals surface area contributed by atoms with Crippen LogP contribution in [0.4, 0.5) is 23.1 Å². The number of hydrogen-bond acceptors (Lipinski definition) is 6. The number of rotatable bonds is 5. The number of nitrogens with zero attached hydrogens (tertiary/aromatic N) is 4. The highest BCUT2D eigenvalue weighted by molar-refractivity contribution is 5.68. The van der Waals surface area contributed by atoms with Crippen molar-refractivity contribution in [1.29, 1.82) is 0 Å². The molecule has 0 saturated heterocycles. The van der Waals surface area contributed by atoms with Crippen LogP contribution < -0.4 is 15.0 Å². The molecular weight excluding hydrogens is 386 g/mol. The quantitative estimate of drug-likeness (QED) is 0.455. The van der Waals surface area contributed by atoms with Crippen LogP contribution in [0.5, 0.6) is 11.6 Å². The number of hydrogen-bond donors (Lipinski definition) is 1. The first-order chi connectivity index (χ1) is 15.2. The molecule has 0 unspecified atom stereocenters. The van der Waals surface area contributed by atoms with Gasteiger partial charge in [0, 0.05) is 36.4 Å². The molecule has 0 radical (unpaired) electrons. The van der Waals surface area contributed by atoms with Gasteiger partial charge in [-0.1, -0.05) is 12.1 Å². The molecular formula is C25H23N5O. The third-order valence-electron chi connectivity index (χ3n) is 5.49. The van der Waals surface area contributed by atoms with Crippen molar-refractivity contribution in [1.82, 2.24) is 15.0 Å². The summed E-state index contributed by atoms with van der Waals surface area (Å²) in [5.74, 6) is 2.73. The van der Waals surface area contributed by atoms with Crippen molar-refractivity contribution >= 4 is 23.1 Å². The molecule has 1 aliphatic heterocycles. The standard InChI is InChI=1S/C25H23N5O/c1-17-6-7-20(15-18(17)2)28-25-27-13-10-24(29-25)31-21-8-9-22-19(16-21)11-14-30(22)23-5-3-4-12-26-23/h3-10,12-13,15-16H,11,14H2,1-2H3,(H,27,28,29). The number of aromatic nitrogens is 3. The molecule has 6 nitrogen and oxygen atoms in total. The average Bonchev–Trinajstić information content (AvgIpc) is 3.20. The molecule has 0 aliphatic carbocycles. The van der Waals surface area contributed by atoms with E-state index in [1.807, 2.05) is 36.5 Å². The largest absolute Gasteiger partial charge is 0.439 e. The average molecular weight is 409 g/mol. The summed E-state index contributed by atoms with van der Waals surface area (Å²) in [7, 11) is 0. The minimum Gasteiger partial charge on any atom is -0.439 e. The van der Waals surface area contributed by atoms with E-state index >= 15 is 0 Å². The lowest BCUT2D eigenvalue weighted by Crippen LogP contribution is -2.14. The molecule has 0 atom stereocenters. The van der Waals surface area contributed by atoms with Crippen molar-refractivity contribution in [2.75, 3.05) is 16.8 Å². The van der Waals surface area contributed by atoms with Gasteiger partial charge >= 0.3 is 0 Å². The summed E-state index contributed by atoms with van der Waals surface area (Å²) in [6.45, 7) is 5.09. The zero-order valence-electron chi connectivity index (χ0n) is 17.5. The molecule has 4 aromatic rings. The van der Waals surface area contributed by atoms with Crippen molar-refractivity contribution in [3.63, 3.8) is 0 Å². The van der Waals surface area contributed by atoms with Crippen LogP contribution in [0.2, 0.25) is 0 Å². The van der Waals surface area contributed by atoms with Gasteiger partial charge in [0.1, 0.15) is 11.6 Å². The second kappa shape index (κ2) is 8.07. The molecule has 3 heterocycles. The Bertz CT molecular complexity index is 1230. The van der Waals surface area contributed by atoms with Crippen molar-refractivity contribution in [2.24, 2.45) is 0 Å². The van der Waals surface area contributed by atoms with E-state index in [2.05, 4.69) is 63.3 Å². The summed E-state index contributed by atoms with van der Waals surface area (Å²) >= 11 is 0. The summed E-state index contributed by atoms with van der Waals surface area (Å²) in [6, 6.07) is 20.1. The van der Waals surface area contributed by atoms with Gasteiger partial charge in [0.15, 0.2) is 0 Å². The molecule has 31 heavy (non-hydrogen) atoms. The summed E-state index contributed by atoms with van der Waals surface area (Å²) in [6.07, 6.45) is 4.47. The SMILES string of the molecule is Cc1ccc(Nc2nccc(Oc3ccc4c(c3)CCN4c3ccccn3)n2)cc1C. The van der Waals surface area contributed by atoms with Gasteiger partial charge in [-0.15, -0.1) is 0 Å². The molecule has 2 aromatic heterocycles. The lowest BCUT2D eigenvalue weighted by molar-refractivity contribution is 0.462. The van der Waals surface area contributed by atoms with Crippen LogP contribution in [0.25, 0.3) is 0 Å². The van der Waals surface area contributed by atoms with E-state index in [1.54, 1.807) is 12.3 Å². The Morgan fingerprint density at radius 3 is 2.68 bits per heavy atom. The van der Waals surface area contributed by atoms with Crippen LogP contribution in [0, 0.1) is 13.8 Å². The van der Waals surface area contributed by atoms with Gasteiger partial charge < -0.3 is 15.0 Å². The summed E-state index contributed by atoms with van der Waals surface area (Å²) in [5.41, 5.74) is 5.83. The molecule has 1 N–H and O–H groups in total. The number of pyridine rings is 1. The predicted octanol–water partition coefficient (Wildman–Crippen LogP) is 5.72. The maximum atomic E-state index is 6.04. The van der Waals surface area contributed by atoms with Gasteiger partial charge in [-0.2, -0.15) is 4.98 Å². The maximum Gasteiger partial charge on any atom is 0.230 e. The highest BCUT2D eigenvalue weighted by Gasteiger charge is 2.21. The predicted molar refractivity (Wildman–Crippen MR) is 123 cm³/mol. The van der Waals surface area contributed by atoms with E-state index in [9.17, 15) is 0 Å².